The molecule has 0 aliphatic carbocycles. The van der Waals surface area contributed by atoms with Gasteiger partial charge in [0.05, 0.1) is 45.7 Å². The number of methoxy groups -OCH3 is 1. The molecule has 3 aromatic rings. The second kappa shape index (κ2) is 16.6. The molecular formula is C35H44ClN7O6S2. The largest absolute Gasteiger partial charge is 0.465 e. The van der Waals surface area contributed by atoms with Crippen molar-refractivity contribution < 1.29 is 27.4 Å². The van der Waals surface area contributed by atoms with Crippen LogP contribution >= 0.6 is 11.6 Å². The van der Waals surface area contributed by atoms with Gasteiger partial charge in [0.1, 0.15) is 21.4 Å². The molecule has 0 spiro atoms. The van der Waals surface area contributed by atoms with Crippen molar-refractivity contribution in [2.75, 3.05) is 73.7 Å². The van der Waals surface area contributed by atoms with E-state index in [4.69, 9.17) is 35.8 Å². The van der Waals surface area contributed by atoms with Crippen molar-refractivity contribution in [3.63, 3.8) is 0 Å². The van der Waals surface area contributed by atoms with Gasteiger partial charge in [-0.15, -0.1) is 0 Å². The monoisotopic (exact) mass is 757 g/mol. The van der Waals surface area contributed by atoms with Crippen molar-refractivity contribution in [1.82, 2.24) is 19.9 Å². The first-order valence-corrected chi connectivity index (χ1v) is 20.7. The molecule has 1 aromatic carbocycles. The maximum atomic E-state index is 12.6. The first kappa shape index (κ1) is 36.1. The molecule has 5 aliphatic heterocycles. The van der Waals surface area contributed by atoms with Crippen LogP contribution in [0, 0.1) is 0 Å². The number of esters is 1. The topological polar surface area (TPSA) is 158 Å². The highest BCUT2D eigenvalue weighted by atomic mass is 35.5. The molecule has 0 bridgehead atoms. The summed E-state index contributed by atoms with van der Waals surface area (Å²) >= 11 is 5.91. The Kier molecular flexibility index (Phi) is 11.8. The Morgan fingerprint density at radius 1 is 0.824 bits per heavy atom. The van der Waals surface area contributed by atoms with Crippen LogP contribution in [0.4, 0.5) is 17.6 Å². The van der Waals surface area contributed by atoms with Crippen LogP contribution in [0.2, 0.25) is 5.28 Å². The fourth-order valence-corrected chi connectivity index (χ4v) is 10.0. The van der Waals surface area contributed by atoms with Gasteiger partial charge in [0, 0.05) is 75.9 Å². The van der Waals surface area contributed by atoms with Crippen molar-refractivity contribution >= 4 is 56.8 Å². The van der Waals surface area contributed by atoms with Crippen molar-refractivity contribution in [3.05, 3.63) is 52.1 Å². The lowest BCUT2D eigenvalue weighted by atomic mass is 9.88. The summed E-state index contributed by atoms with van der Waals surface area (Å²) in [5.41, 5.74) is 3.50. The fourth-order valence-electron chi connectivity index (χ4n) is 7.21. The zero-order chi connectivity index (χ0) is 35.3. The summed E-state index contributed by atoms with van der Waals surface area (Å²) in [7, 11) is -0.631. The van der Waals surface area contributed by atoms with Gasteiger partial charge in [-0.3, -0.25) is 8.42 Å². The van der Waals surface area contributed by atoms with Crippen LogP contribution < -0.4 is 15.5 Å². The van der Waals surface area contributed by atoms with E-state index in [1.54, 1.807) is 6.07 Å². The summed E-state index contributed by atoms with van der Waals surface area (Å²) in [4.78, 5) is 33.7. The second-order valence-corrected chi connectivity index (χ2v) is 16.7. The third-order valence-corrected chi connectivity index (χ3v) is 13.1. The number of nitrogens with zero attached hydrogens (tertiary/aromatic N) is 5. The SMILES string of the molecule is COC(=O)c1cccc(C2CCN(c3nc4c(c(NC5CCOCC5)n3)S(=O)CC4)CC2)c1.O=S1CCc2nc(Cl)nc(NC3CCOCC3)c21. The molecule has 0 amide bonds. The van der Waals surface area contributed by atoms with E-state index in [2.05, 4.69) is 31.6 Å². The molecule has 13 nitrogen and oxygen atoms in total. The van der Waals surface area contributed by atoms with Gasteiger partial charge in [-0.2, -0.15) is 9.97 Å². The third-order valence-electron chi connectivity index (χ3n) is 10.0. The summed E-state index contributed by atoms with van der Waals surface area (Å²) in [6.45, 7) is 4.66. The predicted molar refractivity (Wildman–Crippen MR) is 196 cm³/mol. The van der Waals surface area contributed by atoms with Gasteiger partial charge in [0.15, 0.2) is 0 Å². The van der Waals surface area contributed by atoms with E-state index < -0.39 is 21.6 Å². The van der Waals surface area contributed by atoms with Crippen LogP contribution in [0.25, 0.3) is 0 Å². The summed E-state index contributed by atoms with van der Waals surface area (Å²) < 4.78 is 40.3. The van der Waals surface area contributed by atoms with E-state index in [9.17, 15) is 13.2 Å². The molecule has 274 valence electrons. The van der Waals surface area contributed by atoms with Crippen molar-refractivity contribution in [3.8, 4) is 0 Å². The number of carbonyl (C=O) groups is 1. The molecule has 3 fully saturated rings. The van der Waals surface area contributed by atoms with Crippen LogP contribution in [0.3, 0.4) is 0 Å². The number of fused-ring (bicyclic) bond motifs is 2. The van der Waals surface area contributed by atoms with Gasteiger partial charge in [-0.25, -0.2) is 14.8 Å². The lowest BCUT2D eigenvalue weighted by molar-refractivity contribution is 0.0600. The smallest absolute Gasteiger partial charge is 0.337 e. The quantitative estimate of drug-likeness (QED) is 0.260. The average Bonchev–Trinajstić information content (AvgIpc) is 3.74. The molecule has 2 aromatic heterocycles. The minimum atomic E-state index is -1.04. The number of halogens is 1. The molecule has 2 atom stereocenters. The van der Waals surface area contributed by atoms with Gasteiger partial charge in [0.2, 0.25) is 11.2 Å². The number of aryl methyl sites for hydroxylation is 2. The minimum Gasteiger partial charge on any atom is -0.465 e. The maximum Gasteiger partial charge on any atom is 0.337 e. The normalized spacial score (nSPS) is 22.4. The van der Waals surface area contributed by atoms with E-state index in [1.807, 2.05) is 12.1 Å². The predicted octanol–water partition coefficient (Wildman–Crippen LogP) is 4.29. The highest BCUT2D eigenvalue weighted by Gasteiger charge is 2.31. The van der Waals surface area contributed by atoms with Gasteiger partial charge in [0.25, 0.3) is 0 Å². The summed E-state index contributed by atoms with van der Waals surface area (Å²) in [5.74, 6) is 3.43. The van der Waals surface area contributed by atoms with Crippen LogP contribution in [-0.4, -0.2) is 105 Å². The highest BCUT2D eigenvalue weighted by Crippen LogP contribution is 2.35. The Bertz CT molecular complexity index is 1780. The number of anilines is 3. The Labute approximate surface area is 307 Å². The Balaban J connectivity index is 0.000000190. The third kappa shape index (κ3) is 8.54. The van der Waals surface area contributed by atoms with Gasteiger partial charge in [-0.05, 0) is 73.7 Å². The molecule has 5 aliphatic rings. The van der Waals surface area contributed by atoms with E-state index in [0.717, 1.165) is 117 Å². The summed E-state index contributed by atoms with van der Waals surface area (Å²) in [6, 6.07) is 8.35. The van der Waals surface area contributed by atoms with Crippen LogP contribution in [0.1, 0.15) is 71.8 Å². The molecular weight excluding hydrogens is 714 g/mol. The Hall–Kier alpha value is -3.24. The maximum absolute atomic E-state index is 12.6. The molecule has 0 saturated carbocycles. The fraction of sp³-hybridized carbons (Fsp3) is 0.571. The number of aromatic nitrogens is 4. The zero-order valence-corrected chi connectivity index (χ0v) is 31.1. The van der Waals surface area contributed by atoms with Crippen LogP contribution in [0.15, 0.2) is 34.1 Å². The number of ether oxygens (including phenoxy) is 3. The number of nitrogens with one attached hydrogen (secondary N) is 2. The van der Waals surface area contributed by atoms with Crippen molar-refractivity contribution in [2.45, 2.75) is 79.2 Å². The first-order chi connectivity index (χ1) is 24.9. The molecule has 2 N–H and O–H groups in total. The standard InChI is InChI=1S/C24H30N4O4S.C11H14ClN3O2S/c1-31-23(29)18-4-2-3-17(15-18)16-5-10-28(11-6-16)24-26-20-9-14-33(30)21(20)22(27-24)25-19-7-12-32-13-8-19;12-11-14-8-3-6-18(16)9(8)10(15-11)13-7-1-4-17-5-2-7/h2-4,15-16,19H,5-14H2,1H3,(H,25,26,27);7H,1-6H2,(H,13,14,15). The molecule has 51 heavy (non-hydrogen) atoms. The zero-order valence-electron chi connectivity index (χ0n) is 28.7. The minimum absolute atomic E-state index is 0.224. The van der Waals surface area contributed by atoms with Gasteiger partial charge >= 0.3 is 5.97 Å². The Morgan fingerprint density at radius 3 is 1.98 bits per heavy atom. The number of benzene rings is 1. The van der Waals surface area contributed by atoms with Crippen molar-refractivity contribution in [1.29, 1.82) is 0 Å². The Morgan fingerprint density at radius 2 is 1.39 bits per heavy atom. The number of hydrogen-bond donors (Lipinski definition) is 2. The average molecular weight is 758 g/mol. The molecule has 3 saturated heterocycles. The van der Waals surface area contributed by atoms with Gasteiger partial charge < -0.3 is 29.7 Å². The van der Waals surface area contributed by atoms with Crippen LogP contribution in [0.5, 0.6) is 0 Å². The molecule has 7 heterocycles. The van der Waals surface area contributed by atoms with E-state index >= 15 is 0 Å². The molecule has 16 heteroatoms. The number of hydrogen-bond acceptors (Lipinski definition) is 13. The molecule has 8 rings (SSSR count). The summed E-state index contributed by atoms with van der Waals surface area (Å²) in [5, 5.41) is 7.12. The van der Waals surface area contributed by atoms with Gasteiger partial charge in [-0.1, -0.05) is 12.1 Å². The summed E-state index contributed by atoms with van der Waals surface area (Å²) in [6.07, 6.45) is 7.09. The second-order valence-electron chi connectivity index (χ2n) is 13.3. The number of rotatable bonds is 7. The molecule has 0 radical (unpaired) electrons. The molecule has 2 unspecified atom stereocenters. The van der Waals surface area contributed by atoms with Crippen molar-refractivity contribution in [2.24, 2.45) is 0 Å². The highest BCUT2D eigenvalue weighted by molar-refractivity contribution is 7.85. The first-order valence-electron chi connectivity index (χ1n) is 17.7. The number of carbonyl (C=O) groups excluding carboxylic acids is 1. The number of piperidine rings is 1. The lowest BCUT2D eigenvalue weighted by Crippen LogP contribution is -2.35. The van der Waals surface area contributed by atoms with E-state index in [-0.39, 0.29) is 17.3 Å². The van der Waals surface area contributed by atoms with E-state index in [1.165, 1.54) is 12.7 Å². The van der Waals surface area contributed by atoms with E-state index in [0.29, 0.717) is 41.3 Å². The lowest BCUT2D eigenvalue weighted by Gasteiger charge is -2.33. The van der Waals surface area contributed by atoms with Crippen LogP contribution in [-0.2, 0) is 48.7 Å².